The van der Waals surface area contributed by atoms with Crippen LogP contribution in [-0.4, -0.2) is 56.1 Å². The third kappa shape index (κ3) is 4.43. The predicted molar refractivity (Wildman–Crippen MR) is 85.8 cm³/mol. The molecule has 1 amide bonds. The SMILES string of the molecule is CNCCN(C)C(=O)c1ccc(N2CCCCCC2)nc1. The lowest BCUT2D eigenvalue weighted by atomic mass is 10.2. The van der Waals surface area contributed by atoms with Gasteiger partial charge in [0.05, 0.1) is 5.56 Å². The standard InChI is InChI=1S/C16H26N4O/c1-17-9-12-19(2)16(21)14-7-8-15(18-13-14)20-10-5-3-4-6-11-20/h7-8,13,17H,3-6,9-12H2,1-2H3. The molecule has 0 bridgehead atoms. The van der Waals surface area contributed by atoms with Crippen LogP contribution in [0.2, 0.25) is 0 Å². The fourth-order valence-electron chi connectivity index (χ4n) is 2.60. The molecule has 0 atom stereocenters. The highest BCUT2D eigenvalue weighted by Crippen LogP contribution is 2.17. The monoisotopic (exact) mass is 290 g/mol. The van der Waals surface area contributed by atoms with E-state index < -0.39 is 0 Å². The van der Waals surface area contributed by atoms with E-state index in [0.717, 1.165) is 25.5 Å². The van der Waals surface area contributed by atoms with Gasteiger partial charge in [-0.15, -0.1) is 0 Å². The molecule has 1 saturated heterocycles. The van der Waals surface area contributed by atoms with E-state index in [1.54, 1.807) is 11.1 Å². The Morgan fingerprint density at radius 1 is 1.29 bits per heavy atom. The highest BCUT2D eigenvalue weighted by Gasteiger charge is 2.14. The van der Waals surface area contributed by atoms with E-state index in [1.165, 1.54) is 25.7 Å². The number of hydrogen-bond donors (Lipinski definition) is 1. The summed E-state index contributed by atoms with van der Waals surface area (Å²) in [6, 6.07) is 3.87. The summed E-state index contributed by atoms with van der Waals surface area (Å²) < 4.78 is 0. The number of likely N-dealkylation sites (N-methyl/N-ethyl adjacent to an activating group) is 2. The molecule has 0 spiro atoms. The van der Waals surface area contributed by atoms with Crippen LogP contribution in [0.1, 0.15) is 36.0 Å². The molecule has 1 aliphatic rings. The van der Waals surface area contributed by atoms with E-state index in [-0.39, 0.29) is 5.91 Å². The van der Waals surface area contributed by atoms with Crippen LogP contribution in [0.25, 0.3) is 0 Å². The smallest absolute Gasteiger partial charge is 0.255 e. The molecule has 2 heterocycles. The topological polar surface area (TPSA) is 48.5 Å². The first kappa shape index (κ1) is 15.8. The molecule has 5 heteroatoms. The Morgan fingerprint density at radius 2 is 2.00 bits per heavy atom. The third-order valence-corrected chi connectivity index (χ3v) is 3.97. The van der Waals surface area contributed by atoms with Gasteiger partial charge in [0.1, 0.15) is 5.82 Å². The minimum absolute atomic E-state index is 0.0279. The Kier molecular flexibility index (Phi) is 5.99. The van der Waals surface area contributed by atoms with Gasteiger partial charge < -0.3 is 15.1 Å². The van der Waals surface area contributed by atoms with Crippen molar-refractivity contribution in [3.05, 3.63) is 23.9 Å². The second-order valence-electron chi connectivity index (χ2n) is 5.64. The first-order valence-corrected chi connectivity index (χ1v) is 7.83. The van der Waals surface area contributed by atoms with Crippen molar-refractivity contribution < 1.29 is 4.79 Å². The summed E-state index contributed by atoms with van der Waals surface area (Å²) in [6.45, 7) is 3.63. The second kappa shape index (κ2) is 7.98. The van der Waals surface area contributed by atoms with Gasteiger partial charge in [-0.05, 0) is 32.0 Å². The molecule has 1 aromatic heterocycles. The Labute approximate surface area is 127 Å². The molecule has 116 valence electrons. The van der Waals surface area contributed by atoms with Gasteiger partial charge in [-0.3, -0.25) is 4.79 Å². The van der Waals surface area contributed by atoms with Crippen molar-refractivity contribution in [1.29, 1.82) is 0 Å². The number of anilines is 1. The maximum Gasteiger partial charge on any atom is 0.255 e. The largest absolute Gasteiger partial charge is 0.357 e. The van der Waals surface area contributed by atoms with Gasteiger partial charge in [0.2, 0.25) is 0 Å². The minimum atomic E-state index is 0.0279. The van der Waals surface area contributed by atoms with Crippen LogP contribution in [0.4, 0.5) is 5.82 Å². The van der Waals surface area contributed by atoms with Crippen molar-refractivity contribution in [2.75, 3.05) is 45.2 Å². The molecule has 1 fully saturated rings. The van der Waals surface area contributed by atoms with Crippen LogP contribution in [-0.2, 0) is 0 Å². The molecule has 1 aliphatic heterocycles. The number of hydrogen-bond acceptors (Lipinski definition) is 4. The van der Waals surface area contributed by atoms with E-state index in [9.17, 15) is 4.79 Å². The number of amides is 1. The van der Waals surface area contributed by atoms with Crippen LogP contribution in [0.15, 0.2) is 18.3 Å². The lowest BCUT2D eigenvalue weighted by molar-refractivity contribution is 0.0796. The maximum atomic E-state index is 12.2. The van der Waals surface area contributed by atoms with E-state index in [1.807, 2.05) is 26.2 Å². The Hall–Kier alpha value is -1.62. The highest BCUT2D eigenvalue weighted by molar-refractivity contribution is 5.93. The Bertz CT molecular complexity index is 438. The number of rotatable bonds is 5. The van der Waals surface area contributed by atoms with Crippen molar-refractivity contribution in [3.8, 4) is 0 Å². The average molecular weight is 290 g/mol. The lowest BCUT2D eigenvalue weighted by Gasteiger charge is -2.22. The van der Waals surface area contributed by atoms with E-state index in [0.29, 0.717) is 12.1 Å². The van der Waals surface area contributed by atoms with E-state index >= 15 is 0 Å². The molecule has 21 heavy (non-hydrogen) atoms. The normalized spacial score (nSPS) is 15.6. The van der Waals surface area contributed by atoms with Crippen LogP contribution in [0, 0.1) is 0 Å². The number of carbonyl (C=O) groups is 1. The third-order valence-electron chi connectivity index (χ3n) is 3.97. The highest BCUT2D eigenvalue weighted by atomic mass is 16.2. The summed E-state index contributed by atoms with van der Waals surface area (Å²) in [5.74, 6) is 1.02. The van der Waals surface area contributed by atoms with Crippen LogP contribution < -0.4 is 10.2 Å². The number of nitrogens with zero attached hydrogens (tertiary/aromatic N) is 3. The minimum Gasteiger partial charge on any atom is -0.357 e. The fraction of sp³-hybridized carbons (Fsp3) is 0.625. The van der Waals surface area contributed by atoms with Gasteiger partial charge in [-0.25, -0.2) is 4.98 Å². The summed E-state index contributed by atoms with van der Waals surface area (Å²) in [7, 11) is 3.71. The van der Waals surface area contributed by atoms with Crippen molar-refractivity contribution >= 4 is 11.7 Å². The molecule has 1 aromatic rings. The second-order valence-corrected chi connectivity index (χ2v) is 5.64. The summed E-state index contributed by atoms with van der Waals surface area (Å²) in [4.78, 5) is 20.8. The molecule has 2 rings (SSSR count). The van der Waals surface area contributed by atoms with Crippen molar-refractivity contribution in [3.63, 3.8) is 0 Å². The lowest BCUT2D eigenvalue weighted by Crippen LogP contribution is -2.33. The van der Waals surface area contributed by atoms with E-state index in [2.05, 4.69) is 15.2 Å². The Morgan fingerprint density at radius 3 is 2.57 bits per heavy atom. The molecule has 0 saturated carbocycles. The summed E-state index contributed by atoms with van der Waals surface area (Å²) in [6.07, 6.45) is 6.79. The van der Waals surface area contributed by atoms with Crippen LogP contribution in [0.5, 0.6) is 0 Å². The van der Waals surface area contributed by atoms with Crippen LogP contribution in [0.3, 0.4) is 0 Å². The van der Waals surface area contributed by atoms with Crippen LogP contribution >= 0.6 is 0 Å². The van der Waals surface area contributed by atoms with Gasteiger partial charge in [0.15, 0.2) is 0 Å². The zero-order valence-corrected chi connectivity index (χ0v) is 13.1. The number of carbonyl (C=O) groups excluding carboxylic acids is 1. The van der Waals surface area contributed by atoms with Gasteiger partial charge in [0, 0.05) is 39.4 Å². The number of pyridine rings is 1. The first-order chi connectivity index (χ1) is 10.2. The molecular formula is C16H26N4O. The summed E-state index contributed by atoms with van der Waals surface area (Å²) in [5.41, 5.74) is 0.659. The van der Waals surface area contributed by atoms with E-state index in [4.69, 9.17) is 0 Å². The zero-order chi connectivity index (χ0) is 15.1. The van der Waals surface area contributed by atoms with Crippen molar-refractivity contribution in [2.24, 2.45) is 0 Å². The predicted octanol–water partition coefficient (Wildman–Crippen LogP) is 1.75. The molecular weight excluding hydrogens is 264 g/mol. The van der Waals surface area contributed by atoms with Crippen molar-refractivity contribution in [2.45, 2.75) is 25.7 Å². The Balaban J connectivity index is 1.99. The number of aromatic nitrogens is 1. The average Bonchev–Trinajstić information content (AvgIpc) is 2.81. The zero-order valence-electron chi connectivity index (χ0n) is 13.1. The van der Waals surface area contributed by atoms with Gasteiger partial charge in [-0.2, -0.15) is 0 Å². The molecule has 5 nitrogen and oxygen atoms in total. The van der Waals surface area contributed by atoms with Gasteiger partial charge >= 0.3 is 0 Å². The molecule has 0 radical (unpaired) electrons. The molecule has 0 unspecified atom stereocenters. The van der Waals surface area contributed by atoms with Gasteiger partial charge in [0.25, 0.3) is 5.91 Å². The molecule has 0 aliphatic carbocycles. The quantitative estimate of drug-likeness (QED) is 0.897. The maximum absolute atomic E-state index is 12.2. The molecule has 0 aromatic carbocycles. The fourth-order valence-corrected chi connectivity index (χ4v) is 2.60. The summed E-state index contributed by atoms with van der Waals surface area (Å²) in [5, 5.41) is 3.05. The first-order valence-electron chi connectivity index (χ1n) is 7.83. The number of nitrogens with one attached hydrogen (secondary N) is 1. The summed E-state index contributed by atoms with van der Waals surface area (Å²) >= 11 is 0. The van der Waals surface area contributed by atoms with Crippen molar-refractivity contribution in [1.82, 2.24) is 15.2 Å². The van der Waals surface area contributed by atoms with Gasteiger partial charge in [-0.1, -0.05) is 12.8 Å². The molecule has 1 N–H and O–H groups in total.